The molecule has 8 heteroatoms. The van der Waals surface area contributed by atoms with E-state index in [1.807, 2.05) is 31.2 Å². The lowest BCUT2D eigenvalue weighted by Crippen LogP contribution is -2.33. The fourth-order valence-electron chi connectivity index (χ4n) is 1.96. The largest absolute Gasteiger partial charge is 0.502 e. The third kappa shape index (κ3) is 3.92. The van der Waals surface area contributed by atoms with Crippen LogP contribution in [0, 0.1) is 17.0 Å². The average Bonchev–Trinajstić information content (AvgIpc) is 2.53. The Bertz CT molecular complexity index is 751. The molecule has 0 aliphatic carbocycles. The molecule has 0 fully saturated rings. The van der Waals surface area contributed by atoms with Crippen LogP contribution in [0.2, 0.25) is 0 Å². The topological polar surface area (TPSA) is 95.7 Å². The summed E-state index contributed by atoms with van der Waals surface area (Å²) in [6.07, 6.45) is 0. The molecule has 2 aromatic rings. The molecule has 0 aliphatic heterocycles. The third-order valence-corrected chi connectivity index (χ3v) is 3.70. The Labute approximate surface area is 138 Å². The molecular formula is C15H15N3O4S. The van der Waals surface area contributed by atoms with Crippen LogP contribution in [0.4, 0.5) is 16.2 Å². The molecule has 0 aromatic heterocycles. The van der Waals surface area contributed by atoms with Gasteiger partial charge in [0.1, 0.15) is 0 Å². The van der Waals surface area contributed by atoms with Gasteiger partial charge in [0.2, 0.25) is 0 Å². The minimum Gasteiger partial charge on any atom is -0.502 e. The zero-order valence-electron chi connectivity index (χ0n) is 12.3. The molecule has 0 radical (unpaired) electrons. The molecule has 0 heterocycles. The fraction of sp³-hybridized carbons (Fsp3) is 0.133. The van der Waals surface area contributed by atoms with Gasteiger partial charge in [-0.3, -0.25) is 10.1 Å². The van der Waals surface area contributed by atoms with Crippen molar-refractivity contribution in [3.8, 4) is 5.75 Å². The van der Waals surface area contributed by atoms with Gasteiger partial charge in [0.25, 0.3) is 0 Å². The van der Waals surface area contributed by atoms with Crippen molar-refractivity contribution in [2.75, 3.05) is 4.31 Å². The number of nitrogens with zero attached hydrogens (tertiary/aromatic N) is 2. The highest BCUT2D eigenvalue weighted by Crippen LogP contribution is 2.31. The second-order valence-electron chi connectivity index (χ2n) is 4.83. The summed E-state index contributed by atoms with van der Waals surface area (Å²) >= 11 is 4.05. The van der Waals surface area contributed by atoms with Gasteiger partial charge < -0.3 is 10.4 Å². The number of hydrogen-bond acceptors (Lipinski definition) is 5. The molecule has 2 amide bonds. The summed E-state index contributed by atoms with van der Waals surface area (Å²) in [5.74, 6) is -0.471. The monoisotopic (exact) mass is 333 g/mol. The number of rotatable bonds is 4. The Hall–Kier alpha value is -2.74. The summed E-state index contributed by atoms with van der Waals surface area (Å²) < 4.78 is 0.949. The second kappa shape index (κ2) is 7.01. The summed E-state index contributed by atoms with van der Waals surface area (Å²) in [7, 11) is 0. The molecule has 0 saturated carbocycles. The normalized spacial score (nSPS) is 10.2. The maximum absolute atomic E-state index is 12.1. The number of anilines is 1. The summed E-state index contributed by atoms with van der Waals surface area (Å²) in [4.78, 5) is 22.2. The molecule has 23 heavy (non-hydrogen) atoms. The van der Waals surface area contributed by atoms with E-state index in [1.54, 1.807) is 0 Å². The molecule has 120 valence electrons. The molecule has 0 aliphatic rings. The number of nitro groups is 1. The first-order chi connectivity index (χ1) is 10.9. The van der Waals surface area contributed by atoms with E-state index in [2.05, 4.69) is 18.1 Å². The van der Waals surface area contributed by atoms with Crippen LogP contribution in [0.3, 0.4) is 0 Å². The maximum atomic E-state index is 12.1. The van der Waals surface area contributed by atoms with Gasteiger partial charge in [-0.05, 0) is 30.2 Å². The Morgan fingerprint density at radius 2 is 2.04 bits per heavy atom. The van der Waals surface area contributed by atoms with E-state index in [4.69, 9.17) is 0 Å². The lowest BCUT2D eigenvalue weighted by molar-refractivity contribution is -0.385. The Morgan fingerprint density at radius 3 is 2.70 bits per heavy atom. The smallest absolute Gasteiger partial charge is 0.332 e. The summed E-state index contributed by atoms with van der Waals surface area (Å²) in [5.41, 5.74) is 1.69. The second-order valence-corrected chi connectivity index (χ2v) is 5.23. The van der Waals surface area contributed by atoms with Crippen LogP contribution in [-0.4, -0.2) is 16.1 Å². The SMILES string of the molecule is Cc1ccccc1CNC(=O)N(S)c1ccc(O)c([N+](=O)[O-])c1. The number of aromatic hydroxyl groups is 1. The highest BCUT2D eigenvalue weighted by atomic mass is 32.1. The van der Waals surface area contributed by atoms with Crippen molar-refractivity contribution < 1.29 is 14.8 Å². The number of phenols is 1. The molecular weight excluding hydrogens is 318 g/mol. The van der Waals surface area contributed by atoms with Gasteiger partial charge in [0, 0.05) is 12.6 Å². The Morgan fingerprint density at radius 1 is 1.35 bits per heavy atom. The van der Waals surface area contributed by atoms with E-state index in [-0.39, 0.29) is 5.69 Å². The van der Waals surface area contributed by atoms with E-state index in [9.17, 15) is 20.0 Å². The van der Waals surface area contributed by atoms with Crippen LogP contribution in [-0.2, 0) is 6.54 Å². The molecule has 2 N–H and O–H groups in total. The van der Waals surface area contributed by atoms with Gasteiger partial charge in [0.15, 0.2) is 5.75 Å². The highest BCUT2D eigenvalue weighted by molar-refractivity contribution is 7.82. The van der Waals surface area contributed by atoms with Crippen molar-refractivity contribution in [1.29, 1.82) is 0 Å². The summed E-state index contributed by atoms with van der Waals surface area (Å²) in [6.45, 7) is 2.24. The van der Waals surface area contributed by atoms with Gasteiger partial charge in [-0.1, -0.05) is 37.1 Å². The van der Waals surface area contributed by atoms with Crippen LogP contribution >= 0.6 is 12.8 Å². The van der Waals surface area contributed by atoms with E-state index in [0.29, 0.717) is 6.54 Å². The van der Waals surface area contributed by atoms with Crippen molar-refractivity contribution in [2.45, 2.75) is 13.5 Å². The minimum atomic E-state index is -0.730. The van der Waals surface area contributed by atoms with Crippen LogP contribution in [0.1, 0.15) is 11.1 Å². The Balaban J connectivity index is 2.09. The Kier molecular flexibility index (Phi) is 5.07. The van der Waals surface area contributed by atoms with Crippen molar-refractivity contribution in [3.63, 3.8) is 0 Å². The van der Waals surface area contributed by atoms with Gasteiger partial charge in [-0.25, -0.2) is 9.10 Å². The number of carbonyl (C=O) groups is 1. The van der Waals surface area contributed by atoms with Crippen molar-refractivity contribution >= 4 is 30.2 Å². The molecule has 0 unspecified atom stereocenters. The molecule has 0 spiro atoms. The fourth-order valence-corrected chi connectivity index (χ4v) is 2.16. The van der Waals surface area contributed by atoms with Crippen molar-refractivity contribution in [2.24, 2.45) is 0 Å². The zero-order valence-corrected chi connectivity index (χ0v) is 13.2. The van der Waals surface area contributed by atoms with E-state index in [0.717, 1.165) is 27.6 Å². The van der Waals surface area contributed by atoms with Gasteiger partial charge in [-0.2, -0.15) is 0 Å². The number of phenolic OH excluding ortho intramolecular Hbond substituents is 1. The third-order valence-electron chi connectivity index (χ3n) is 3.28. The van der Waals surface area contributed by atoms with E-state index >= 15 is 0 Å². The van der Waals surface area contributed by atoms with E-state index in [1.165, 1.54) is 6.07 Å². The number of carbonyl (C=O) groups excluding carboxylic acids is 1. The number of amides is 2. The number of nitrogens with one attached hydrogen (secondary N) is 1. The molecule has 0 bridgehead atoms. The summed E-state index contributed by atoms with van der Waals surface area (Å²) in [5, 5.41) is 22.9. The molecule has 7 nitrogen and oxygen atoms in total. The predicted octanol–water partition coefficient (Wildman–Crippen LogP) is 3.17. The average molecular weight is 333 g/mol. The van der Waals surface area contributed by atoms with Gasteiger partial charge in [0.05, 0.1) is 10.6 Å². The zero-order chi connectivity index (χ0) is 17.0. The number of urea groups is 1. The molecule has 2 aromatic carbocycles. The van der Waals surface area contributed by atoms with Crippen LogP contribution in [0.5, 0.6) is 5.75 Å². The van der Waals surface area contributed by atoms with Crippen LogP contribution in [0.15, 0.2) is 42.5 Å². The summed E-state index contributed by atoms with van der Waals surface area (Å²) in [6, 6.07) is 10.7. The van der Waals surface area contributed by atoms with Crippen LogP contribution in [0.25, 0.3) is 0 Å². The number of thiol groups is 1. The number of benzene rings is 2. The van der Waals surface area contributed by atoms with Gasteiger partial charge in [-0.15, -0.1) is 0 Å². The number of nitro benzene ring substituents is 1. The number of hydrogen-bond donors (Lipinski definition) is 3. The first-order valence-corrected chi connectivity index (χ1v) is 7.09. The first kappa shape index (κ1) is 16.6. The standard InChI is InChI=1S/C15H15N3O4S/c1-10-4-2-3-5-11(10)9-16-15(20)17(23)12-6-7-14(19)13(8-12)18(21)22/h2-8,19,23H,9H2,1H3,(H,16,20). The minimum absolute atomic E-state index is 0.181. The molecule has 0 atom stereocenters. The van der Waals surface area contributed by atoms with Crippen LogP contribution < -0.4 is 9.62 Å². The first-order valence-electron chi connectivity index (χ1n) is 6.69. The number of aryl methyl sites for hydroxylation is 1. The lowest BCUT2D eigenvalue weighted by Gasteiger charge is -2.17. The van der Waals surface area contributed by atoms with Crippen molar-refractivity contribution in [1.82, 2.24) is 5.32 Å². The predicted molar refractivity (Wildman–Crippen MR) is 89.6 cm³/mol. The molecule has 2 rings (SSSR count). The van der Waals surface area contributed by atoms with E-state index < -0.39 is 22.4 Å². The lowest BCUT2D eigenvalue weighted by atomic mass is 10.1. The molecule has 0 saturated heterocycles. The quantitative estimate of drug-likeness (QED) is 0.455. The maximum Gasteiger partial charge on any atom is 0.332 e. The highest BCUT2D eigenvalue weighted by Gasteiger charge is 2.19. The van der Waals surface area contributed by atoms with Gasteiger partial charge >= 0.3 is 11.7 Å². The van der Waals surface area contributed by atoms with Crippen molar-refractivity contribution in [3.05, 3.63) is 63.7 Å².